The van der Waals surface area contributed by atoms with E-state index >= 15 is 0 Å². The molecule has 0 amide bonds. The lowest BCUT2D eigenvalue weighted by molar-refractivity contribution is -0.401. The van der Waals surface area contributed by atoms with Crippen molar-refractivity contribution in [3.8, 4) is 0 Å². The molecule has 0 aliphatic carbocycles. The van der Waals surface area contributed by atoms with E-state index in [4.69, 9.17) is 5.11 Å². The molecule has 5 N–H and O–H groups in total. The molecule has 1 fully saturated rings. The zero-order valence-electron chi connectivity index (χ0n) is 9.80. The SMILES string of the molecule is O=S(=O)(O[C@@]1(O)[C@@H](O)[C@H](O)[C@@H](CO)O[C@]1(O)S)C(F)(F)F. The summed E-state index contributed by atoms with van der Waals surface area (Å²) in [6.45, 7) is -1.04. The summed E-state index contributed by atoms with van der Waals surface area (Å²) < 4.78 is 66.1. The molecule has 21 heavy (non-hydrogen) atoms. The van der Waals surface area contributed by atoms with E-state index in [1.807, 2.05) is 0 Å². The molecule has 0 bridgehead atoms. The number of hydrogen-bond donors (Lipinski definition) is 6. The summed E-state index contributed by atoms with van der Waals surface area (Å²) in [7, 11) is -6.48. The number of hydrogen-bond acceptors (Lipinski definition) is 10. The van der Waals surface area contributed by atoms with Crippen LogP contribution in [0.3, 0.4) is 0 Å². The molecular weight excluding hydrogens is 349 g/mol. The Balaban J connectivity index is 3.25. The van der Waals surface area contributed by atoms with Gasteiger partial charge in [-0.05, 0) is 0 Å². The summed E-state index contributed by atoms with van der Waals surface area (Å²) in [6.07, 6.45) is -6.86. The average Bonchev–Trinajstić information content (AvgIpc) is 2.30. The van der Waals surface area contributed by atoms with Gasteiger partial charge in [0.15, 0.2) is 0 Å². The van der Waals surface area contributed by atoms with Crippen LogP contribution in [-0.4, -0.2) is 75.3 Å². The van der Waals surface area contributed by atoms with Crippen LogP contribution >= 0.6 is 12.6 Å². The zero-order chi connectivity index (χ0) is 16.9. The predicted molar refractivity (Wildman–Crippen MR) is 58.9 cm³/mol. The molecule has 0 spiro atoms. The molecule has 0 aromatic carbocycles. The fourth-order valence-corrected chi connectivity index (χ4v) is 2.47. The van der Waals surface area contributed by atoms with Gasteiger partial charge >= 0.3 is 15.6 Å². The Morgan fingerprint density at radius 3 is 2.14 bits per heavy atom. The van der Waals surface area contributed by atoms with Gasteiger partial charge in [0.1, 0.15) is 18.3 Å². The highest BCUT2D eigenvalue weighted by Gasteiger charge is 2.68. The molecule has 14 heteroatoms. The van der Waals surface area contributed by atoms with E-state index in [9.17, 15) is 42.0 Å². The number of aliphatic hydroxyl groups excluding tert-OH is 3. The largest absolute Gasteiger partial charge is 0.523 e. The van der Waals surface area contributed by atoms with Crippen LogP contribution in [0.5, 0.6) is 0 Å². The van der Waals surface area contributed by atoms with E-state index in [2.05, 4.69) is 21.5 Å². The third kappa shape index (κ3) is 3.13. The second-order valence-electron chi connectivity index (χ2n) is 4.06. The predicted octanol–water partition coefficient (Wildman–Crippen LogP) is -2.77. The van der Waals surface area contributed by atoms with Crippen LogP contribution in [0.2, 0.25) is 0 Å². The van der Waals surface area contributed by atoms with E-state index < -0.39 is 51.5 Å². The first-order valence-corrected chi connectivity index (χ1v) is 6.89. The van der Waals surface area contributed by atoms with Gasteiger partial charge in [0.25, 0.3) is 10.9 Å². The molecule has 0 aromatic heterocycles. The molecule has 126 valence electrons. The molecule has 0 unspecified atom stereocenters. The van der Waals surface area contributed by atoms with Gasteiger partial charge in [-0.3, -0.25) is 0 Å². The fourth-order valence-electron chi connectivity index (χ4n) is 1.46. The van der Waals surface area contributed by atoms with Gasteiger partial charge in [-0.15, -0.1) is 12.6 Å². The number of alkyl halides is 3. The molecule has 9 nitrogen and oxygen atoms in total. The third-order valence-electron chi connectivity index (χ3n) is 2.59. The molecule has 1 aliphatic heterocycles. The van der Waals surface area contributed by atoms with Gasteiger partial charge in [-0.2, -0.15) is 21.6 Å². The van der Waals surface area contributed by atoms with Crippen LogP contribution in [0.1, 0.15) is 0 Å². The van der Waals surface area contributed by atoms with E-state index in [1.165, 1.54) is 0 Å². The molecular formula is C7H11F3O9S2. The Hall–Kier alpha value is -0.190. The highest BCUT2D eigenvalue weighted by Crippen LogP contribution is 2.42. The summed E-state index contributed by atoms with van der Waals surface area (Å²) in [5.74, 6) is -3.99. The first kappa shape index (κ1) is 18.9. The Bertz CT molecular complexity index is 492. The topological polar surface area (TPSA) is 154 Å². The van der Waals surface area contributed by atoms with Crippen LogP contribution in [0.15, 0.2) is 0 Å². The highest BCUT2D eigenvalue weighted by molar-refractivity contribution is 7.87. The summed E-state index contributed by atoms with van der Waals surface area (Å²) in [4.78, 5) is 0. The Morgan fingerprint density at radius 1 is 1.29 bits per heavy atom. The van der Waals surface area contributed by atoms with Gasteiger partial charge in [-0.1, -0.05) is 0 Å². The maximum Gasteiger partial charge on any atom is 0.523 e. The van der Waals surface area contributed by atoms with Gasteiger partial charge < -0.3 is 30.3 Å². The first-order valence-electron chi connectivity index (χ1n) is 5.03. The minimum absolute atomic E-state index is 1.04. The van der Waals surface area contributed by atoms with Crippen molar-refractivity contribution in [2.24, 2.45) is 0 Å². The van der Waals surface area contributed by atoms with Crippen molar-refractivity contribution in [2.45, 2.75) is 34.7 Å². The van der Waals surface area contributed by atoms with Crippen molar-refractivity contribution in [2.75, 3.05) is 6.61 Å². The first-order chi connectivity index (χ1) is 9.19. The van der Waals surface area contributed by atoms with Crippen LogP contribution in [-0.2, 0) is 19.0 Å². The number of rotatable bonds is 3. The number of thiol groups is 1. The molecule has 5 atom stereocenters. The van der Waals surface area contributed by atoms with Crippen LogP contribution in [0, 0.1) is 0 Å². The zero-order valence-corrected chi connectivity index (χ0v) is 11.5. The van der Waals surface area contributed by atoms with Crippen molar-refractivity contribution in [3.05, 3.63) is 0 Å². The maximum atomic E-state index is 12.2. The van der Waals surface area contributed by atoms with Crippen molar-refractivity contribution < 1.29 is 56.0 Å². The van der Waals surface area contributed by atoms with Crippen LogP contribution in [0.25, 0.3) is 0 Å². The normalized spacial score (nSPS) is 42.0. The van der Waals surface area contributed by atoms with Gasteiger partial charge in [0.05, 0.1) is 6.61 Å². The quantitative estimate of drug-likeness (QED) is 0.136. The van der Waals surface area contributed by atoms with Crippen LogP contribution in [0.4, 0.5) is 13.2 Å². The standard InChI is InChI=1S/C7H11F3O9S2/c8-7(9,10)21(16,17)19-5(14)4(13)3(12)2(1-11)18-6(5,15)20/h2-4,11-15,20H,1H2/t2-,3-,4+,5+,6+/m1/s1. The molecule has 0 saturated carbocycles. The maximum absolute atomic E-state index is 12.2. The lowest BCUT2D eigenvalue weighted by Gasteiger charge is -2.49. The summed E-state index contributed by atoms with van der Waals surface area (Å²) in [5, 5.41) is 43.5. The summed E-state index contributed by atoms with van der Waals surface area (Å²) in [5.41, 5.74) is -5.99. The van der Waals surface area contributed by atoms with Crippen molar-refractivity contribution in [3.63, 3.8) is 0 Å². The lowest BCUT2D eigenvalue weighted by atomic mass is 9.96. The monoisotopic (exact) mass is 360 g/mol. The molecule has 0 aromatic rings. The van der Waals surface area contributed by atoms with Crippen molar-refractivity contribution in [1.82, 2.24) is 0 Å². The Morgan fingerprint density at radius 2 is 1.76 bits per heavy atom. The second-order valence-corrected chi connectivity index (χ2v) is 6.21. The van der Waals surface area contributed by atoms with E-state index in [0.717, 1.165) is 0 Å². The molecule has 1 aliphatic rings. The van der Waals surface area contributed by atoms with Crippen LogP contribution < -0.4 is 0 Å². The molecule has 1 rings (SSSR count). The van der Waals surface area contributed by atoms with Crippen molar-refractivity contribution in [1.29, 1.82) is 0 Å². The lowest BCUT2D eigenvalue weighted by Crippen LogP contribution is -2.72. The van der Waals surface area contributed by atoms with Gasteiger partial charge in [0, 0.05) is 0 Å². The minimum Gasteiger partial charge on any atom is -0.394 e. The molecule has 1 heterocycles. The third-order valence-corrected chi connectivity index (χ3v) is 4.05. The van der Waals surface area contributed by atoms with Crippen molar-refractivity contribution >= 4 is 22.7 Å². The smallest absolute Gasteiger partial charge is 0.394 e. The van der Waals surface area contributed by atoms with E-state index in [0.29, 0.717) is 0 Å². The van der Waals surface area contributed by atoms with E-state index in [-0.39, 0.29) is 0 Å². The van der Waals surface area contributed by atoms with Gasteiger partial charge in [0.2, 0.25) is 0 Å². The van der Waals surface area contributed by atoms with Gasteiger partial charge in [-0.25, -0.2) is 4.18 Å². The molecule has 1 saturated heterocycles. The number of halogens is 3. The Labute approximate surface area is 121 Å². The number of aliphatic hydroxyl groups is 5. The highest BCUT2D eigenvalue weighted by atomic mass is 32.2. The summed E-state index contributed by atoms with van der Waals surface area (Å²) >= 11 is 3.16. The number of ether oxygens (including phenoxy) is 1. The second kappa shape index (κ2) is 5.47. The summed E-state index contributed by atoms with van der Waals surface area (Å²) in [6, 6.07) is 0. The Kier molecular flexibility index (Phi) is 4.91. The fraction of sp³-hybridized carbons (Fsp3) is 1.00. The van der Waals surface area contributed by atoms with E-state index in [1.54, 1.807) is 0 Å². The minimum atomic E-state index is -6.48. The average molecular weight is 360 g/mol. The molecule has 0 radical (unpaired) electrons.